The maximum atomic E-state index is 13.6. The highest BCUT2D eigenvalue weighted by molar-refractivity contribution is 5.31. The molecule has 1 aromatic carbocycles. The van der Waals surface area contributed by atoms with Gasteiger partial charge in [0.15, 0.2) is 17.9 Å². The van der Waals surface area contributed by atoms with Crippen molar-refractivity contribution >= 4 is 0 Å². The second-order valence-corrected chi connectivity index (χ2v) is 3.50. The van der Waals surface area contributed by atoms with Gasteiger partial charge < -0.3 is 19.5 Å². The van der Waals surface area contributed by atoms with Crippen LogP contribution >= 0.6 is 0 Å². The summed E-state index contributed by atoms with van der Waals surface area (Å²) in [6, 6.07) is 4.52. The minimum Gasteiger partial charge on any atom is -0.494 e. The highest BCUT2D eigenvalue weighted by Gasteiger charge is 2.22. The van der Waals surface area contributed by atoms with E-state index in [0.29, 0.717) is 0 Å². The molecule has 0 radical (unpaired) electrons. The van der Waals surface area contributed by atoms with Gasteiger partial charge in [0.05, 0.1) is 13.2 Å². The van der Waals surface area contributed by atoms with Crippen molar-refractivity contribution in [1.82, 2.24) is 5.32 Å². The third-order valence-corrected chi connectivity index (χ3v) is 2.58. The quantitative estimate of drug-likeness (QED) is 0.772. The Bertz CT molecular complexity index is 356. The van der Waals surface area contributed by atoms with Crippen LogP contribution in [0.15, 0.2) is 18.2 Å². The van der Waals surface area contributed by atoms with Crippen LogP contribution in [0.2, 0.25) is 0 Å². The molecule has 0 saturated heterocycles. The normalized spacial score (nSPS) is 12.8. The fourth-order valence-electron chi connectivity index (χ4n) is 1.70. The molecular weight excluding hydrogens is 225 g/mol. The molecule has 0 bridgehead atoms. The van der Waals surface area contributed by atoms with Crippen LogP contribution in [0.4, 0.5) is 4.39 Å². The lowest BCUT2D eigenvalue weighted by Crippen LogP contribution is -2.32. The number of hydrogen-bond donors (Lipinski definition) is 1. The van der Waals surface area contributed by atoms with Crippen LogP contribution in [0.3, 0.4) is 0 Å². The molecule has 17 heavy (non-hydrogen) atoms. The molecule has 0 aliphatic rings. The molecule has 0 heterocycles. The van der Waals surface area contributed by atoms with E-state index in [9.17, 15) is 4.39 Å². The van der Waals surface area contributed by atoms with Crippen LogP contribution in [0.5, 0.6) is 5.75 Å². The predicted octanol–water partition coefficient (Wildman–Crippen LogP) is 1.71. The first-order valence-corrected chi connectivity index (χ1v) is 5.24. The summed E-state index contributed by atoms with van der Waals surface area (Å²) in [5.74, 6) is -0.189. The van der Waals surface area contributed by atoms with Crippen LogP contribution in [-0.4, -0.2) is 34.7 Å². The lowest BCUT2D eigenvalue weighted by molar-refractivity contribution is -0.123. The monoisotopic (exact) mass is 243 g/mol. The van der Waals surface area contributed by atoms with Gasteiger partial charge in [-0.2, -0.15) is 0 Å². The number of hydrogen-bond acceptors (Lipinski definition) is 4. The molecule has 1 unspecified atom stereocenters. The third-order valence-electron chi connectivity index (χ3n) is 2.58. The van der Waals surface area contributed by atoms with Crippen molar-refractivity contribution in [3.8, 4) is 5.75 Å². The van der Waals surface area contributed by atoms with Crippen LogP contribution in [-0.2, 0) is 9.47 Å². The Hall–Kier alpha value is -1.17. The van der Waals surface area contributed by atoms with Crippen molar-refractivity contribution in [2.45, 2.75) is 12.3 Å². The maximum Gasteiger partial charge on any atom is 0.176 e. The SMILES string of the molecule is CNC(c1ccc(OC)c(F)c1)C(OC)OC. The van der Waals surface area contributed by atoms with E-state index in [-0.39, 0.29) is 11.8 Å². The van der Waals surface area contributed by atoms with Crippen molar-refractivity contribution in [1.29, 1.82) is 0 Å². The van der Waals surface area contributed by atoms with Gasteiger partial charge in [0, 0.05) is 14.2 Å². The Morgan fingerprint density at radius 2 is 1.82 bits per heavy atom. The van der Waals surface area contributed by atoms with Gasteiger partial charge in [-0.15, -0.1) is 0 Å². The van der Waals surface area contributed by atoms with Crippen molar-refractivity contribution in [3.05, 3.63) is 29.6 Å². The van der Waals surface area contributed by atoms with Crippen LogP contribution in [0, 0.1) is 5.82 Å². The second-order valence-electron chi connectivity index (χ2n) is 3.50. The van der Waals surface area contributed by atoms with Gasteiger partial charge in [-0.05, 0) is 24.7 Å². The molecule has 1 rings (SSSR count). The summed E-state index contributed by atoms with van der Waals surface area (Å²) in [5.41, 5.74) is 0.736. The average Bonchev–Trinajstić information content (AvgIpc) is 2.35. The molecule has 0 amide bonds. The zero-order chi connectivity index (χ0) is 12.8. The maximum absolute atomic E-state index is 13.6. The molecule has 1 N–H and O–H groups in total. The highest BCUT2D eigenvalue weighted by atomic mass is 19.1. The summed E-state index contributed by atoms with van der Waals surface area (Å²) in [5, 5.41) is 3.03. The minimum atomic E-state index is -0.479. The van der Waals surface area contributed by atoms with Crippen LogP contribution < -0.4 is 10.1 Å². The van der Waals surface area contributed by atoms with E-state index in [0.717, 1.165) is 5.56 Å². The Kier molecular flexibility index (Phi) is 5.34. The molecule has 96 valence electrons. The Labute approximate surface area is 101 Å². The summed E-state index contributed by atoms with van der Waals surface area (Å²) >= 11 is 0. The van der Waals surface area contributed by atoms with Crippen molar-refractivity contribution in [2.75, 3.05) is 28.4 Å². The summed E-state index contributed by atoms with van der Waals surface area (Å²) in [6.45, 7) is 0. The van der Waals surface area contributed by atoms with Crippen LogP contribution in [0.1, 0.15) is 11.6 Å². The van der Waals surface area contributed by atoms with E-state index in [1.807, 2.05) is 0 Å². The largest absolute Gasteiger partial charge is 0.494 e. The van der Waals surface area contributed by atoms with Crippen molar-refractivity contribution < 1.29 is 18.6 Å². The van der Waals surface area contributed by atoms with Crippen LogP contribution in [0.25, 0.3) is 0 Å². The third kappa shape index (κ3) is 3.15. The molecular formula is C12H18FNO3. The van der Waals surface area contributed by atoms with Gasteiger partial charge in [-0.25, -0.2) is 4.39 Å². The standard InChI is InChI=1S/C12H18FNO3/c1-14-11(12(16-3)17-4)8-5-6-10(15-2)9(13)7-8/h5-7,11-12,14H,1-4H3. The number of ether oxygens (including phenoxy) is 3. The first-order valence-electron chi connectivity index (χ1n) is 5.24. The van der Waals surface area contributed by atoms with E-state index in [4.69, 9.17) is 14.2 Å². The first kappa shape index (κ1) is 13.9. The number of nitrogens with one attached hydrogen (secondary N) is 1. The molecule has 0 spiro atoms. The number of methoxy groups -OCH3 is 3. The lowest BCUT2D eigenvalue weighted by Gasteiger charge is -2.24. The van der Waals surface area contributed by atoms with E-state index >= 15 is 0 Å². The van der Waals surface area contributed by atoms with E-state index in [1.165, 1.54) is 13.2 Å². The summed E-state index contributed by atoms with van der Waals surface area (Å²) in [4.78, 5) is 0. The van der Waals surface area contributed by atoms with Gasteiger partial charge in [0.2, 0.25) is 0 Å². The highest BCUT2D eigenvalue weighted by Crippen LogP contribution is 2.24. The summed E-state index contributed by atoms with van der Waals surface area (Å²) in [7, 11) is 6.27. The molecule has 0 fully saturated rings. The summed E-state index contributed by atoms with van der Waals surface area (Å²) < 4.78 is 28.8. The number of halogens is 1. The first-order chi connectivity index (χ1) is 8.17. The fourth-order valence-corrected chi connectivity index (χ4v) is 1.70. The molecule has 1 atom stereocenters. The lowest BCUT2D eigenvalue weighted by atomic mass is 10.1. The van der Waals surface area contributed by atoms with E-state index in [2.05, 4.69) is 5.32 Å². The smallest absolute Gasteiger partial charge is 0.176 e. The molecule has 5 heteroatoms. The molecule has 0 aromatic heterocycles. The predicted molar refractivity (Wildman–Crippen MR) is 62.6 cm³/mol. The van der Waals surface area contributed by atoms with Gasteiger partial charge in [0.25, 0.3) is 0 Å². The Balaban J connectivity index is 3.00. The molecule has 0 aliphatic heterocycles. The van der Waals surface area contributed by atoms with Crippen molar-refractivity contribution in [2.24, 2.45) is 0 Å². The van der Waals surface area contributed by atoms with Gasteiger partial charge >= 0.3 is 0 Å². The number of rotatable bonds is 6. The van der Waals surface area contributed by atoms with E-state index in [1.54, 1.807) is 33.4 Å². The van der Waals surface area contributed by atoms with Gasteiger partial charge in [-0.3, -0.25) is 0 Å². The summed E-state index contributed by atoms with van der Waals surface area (Å²) in [6.07, 6.45) is -0.479. The molecule has 0 aliphatic carbocycles. The second kappa shape index (κ2) is 6.54. The molecule has 1 aromatic rings. The zero-order valence-corrected chi connectivity index (χ0v) is 10.5. The Morgan fingerprint density at radius 1 is 1.18 bits per heavy atom. The topological polar surface area (TPSA) is 39.7 Å². The van der Waals surface area contributed by atoms with Gasteiger partial charge in [-0.1, -0.05) is 6.07 Å². The van der Waals surface area contributed by atoms with Gasteiger partial charge in [0.1, 0.15) is 0 Å². The average molecular weight is 243 g/mol. The Morgan fingerprint density at radius 3 is 2.24 bits per heavy atom. The molecule has 0 saturated carbocycles. The van der Waals surface area contributed by atoms with Crippen molar-refractivity contribution in [3.63, 3.8) is 0 Å². The minimum absolute atomic E-state index is 0.218. The molecule has 4 nitrogen and oxygen atoms in total. The number of likely N-dealkylation sites (N-methyl/N-ethyl adjacent to an activating group) is 1. The fraction of sp³-hybridized carbons (Fsp3) is 0.500. The zero-order valence-electron chi connectivity index (χ0n) is 10.5. The number of benzene rings is 1. The van der Waals surface area contributed by atoms with E-state index < -0.39 is 12.1 Å².